The third-order valence-electron chi connectivity index (χ3n) is 3.21. The molecule has 0 radical (unpaired) electrons. The molecule has 0 spiro atoms. The summed E-state index contributed by atoms with van der Waals surface area (Å²) < 4.78 is 26.9. The van der Waals surface area contributed by atoms with E-state index in [0.29, 0.717) is 4.90 Å². The minimum Gasteiger partial charge on any atom is -0.253 e. The number of aromatic nitrogens is 2. The van der Waals surface area contributed by atoms with E-state index in [1.807, 2.05) is 6.07 Å². The average molecular weight is 295 g/mol. The van der Waals surface area contributed by atoms with Crippen LogP contribution in [0, 0.1) is 0 Å². The first-order valence-electron chi connectivity index (χ1n) is 6.06. The predicted molar refractivity (Wildman–Crippen MR) is 73.8 cm³/mol. The van der Waals surface area contributed by atoms with Crippen LogP contribution in [0.25, 0.3) is 0 Å². The lowest BCUT2D eigenvalue weighted by atomic mass is 9.92. The Morgan fingerprint density at radius 2 is 1.95 bits per heavy atom. The lowest BCUT2D eigenvalue weighted by Gasteiger charge is -2.16. The molecule has 5 nitrogen and oxygen atoms in total. The molecule has 1 aliphatic rings. The minimum absolute atomic E-state index is 0.290. The van der Waals surface area contributed by atoms with Gasteiger partial charge in [-0.15, -0.1) is 10.2 Å². The highest BCUT2D eigenvalue weighted by molar-refractivity contribution is 7.93. The molecule has 0 saturated carbocycles. The molecule has 0 fully saturated rings. The quantitative estimate of drug-likeness (QED) is 0.942. The van der Waals surface area contributed by atoms with Crippen LogP contribution in [0.1, 0.15) is 24.0 Å². The van der Waals surface area contributed by atoms with Gasteiger partial charge < -0.3 is 0 Å². The summed E-state index contributed by atoms with van der Waals surface area (Å²) in [4.78, 5) is 0.295. The number of anilines is 1. The third kappa shape index (κ3) is 2.62. The number of rotatable bonds is 3. The summed E-state index contributed by atoms with van der Waals surface area (Å²) in [5.41, 5.74) is 3.90. The van der Waals surface area contributed by atoms with Crippen molar-refractivity contribution in [3.8, 4) is 0 Å². The number of sulfonamides is 1. The van der Waals surface area contributed by atoms with Crippen LogP contribution in [-0.4, -0.2) is 18.6 Å². The van der Waals surface area contributed by atoms with Crippen LogP contribution in [0.4, 0.5) is 5.13 Å². The monoisotopic (exact) mass is 295 g/mol. The topological polar surface area (TPSA) is 72.0 Å². The van der Waals surface area contributed by atoms with Crippen LogP contribution in [0.3, 0.4) is 0 Å². The number of benzene rings is 1. The van der Waals surface area contributed by atoms with Crippen molar-refractivity contribution in [1.29, 1.82) is 0 Å². The van der Waals surface area contributed by atoms with E-state index in [1.165, 1.54) is 17.5 Å². The summed E-state index contributed by atoms with van der Waals surface area (Å²) in [5, 5.41) is 7.59. The largest absolute Gasteiger partial charge is 0.263 e. The van der Waals surface area contributed by atoms with Crippen molar-refractivity contribution in [2.45, 2.75) is 30.6 Å². The molecule has 3 rings (SSSR count). The highest BCUT2D eigenvalue weighted by Crippen LogP contribution is 2.25. The average Bonchev–Trinajstić information content (AvgIpc) is 2.90. The Bertz CT molecular complexity index is 681. The number of nitrogens with one attached hydrogen (secondary N) is 1. The smallest absolute Gasteiger partial charge is 0.253 e. The van der Waals surface area contributed by atoms with Crippen molar-refractivity contribution in [2.75, 3.05) is 4.72 Å². The van der Waals surface area contributed by atoms with E-state index >= 15 is 0 Å². The fourth-order valence-electron chi connectivity index (χ4n) is 2.27. The van der Waals surface area contributed by atoms with Crippen LogP contribution in [-0.2, 0) is 22.9 Å². The van der Waals surface area contributed by atoms with Crippen LogP contribution in [0.2, 0.25) is 0 Å². The van der Waals surface area contributed by atoms with Crippen LogP contribution < -0.4 is 4.72 Å². The maximum Gasteiger partial charge on any atom is 0.263 e. The molecule has 100 valence electrons. The number of hydrogen-bond acceptors (Lipinski definition) is 5. The Balaban J connectivity index is 1.93. The van der Waals surface area contributed by atoms with Gasteiger partial charge in [0.2, 0.25) is 5.13 Å². The third-order valence-corrected chi connectivity index (χ3v) is 5.28. The van der Waals surface area contributed by atoms with Crippen LogP contribution in [0.5, 0.6) is 0 Å². The Kier molecular flexibility index (Phi) is 3.24. The molecule has 2 aromatic rings. The number of hydrogen-bond donors (Lipinski definition) is 1. The fraction of sp³-hybridized carbons (Fsp3) is 0.333. The van der Waals surface area contributed by atoms with Crippen molar-refractivity contribution < 1.29 is 8.42 Å². The summed E-state index contributed by atoms with van der Waals surface area (Å²) in [6, 6.07) is 5.36. The summed E-state index contributed by atoms with van der Waals surface area (Å²) in [5.74, 6) is 0. The van der Waals surface area contributed by atoms with Crippen molar-refractivity contribution in [3.05, 3.63) is 34.8 Å². The van der Waals surface area contributed by atoms with Gasteiger partial charge in [0.1, 0.15) is 5.51 Å². The van der Waals surface area contributed by atoms with Crippen LogP contribution >= 0.6 is 11.3 Å². The Labute approximate surface area is 115 Å². The lowest BCUT2D eigenvalue weighted by Crippen LogP contribution is -2.14. The van der Waals surface area contributed by atoms with E-state index in [2.05, 4.69) is 14.9 Å². The molecule has 0 amide bonds. The van der Waals surface area contributed by atoms with Gasteiger partial charge in [0, 0.05) is 0 Å². The number of nitrogens with zero attached hydrogens (tertiary/aromatic N) is 2. The molecule has 19 heavy (non-hydrogen) atoms. The highest BCUT2D eigenvalue weighted by atomic mass is 32.2. The fourth-order valence-corrected chi connectivity index (χ4v) is 4.01. The van der Waals surface area contributed by atoms with Crippen molar-refractivity contribution >= 4 is 26.5 Å². The van der Waals surface area contributed by atoms with Gasteiger partial charge in [-0.1, -0.05) is 17.4 Å². The molecule has 0 aliphatic heterocycles. The Morgan fingerprint density at radius 3 is 2.68 bits per heavy atom. The molecule has 1 heterocycles. The van der Waals surface area contributed by atoms with Gasteiger partial charge in [-0.2, -0.15) is 0 Å². The molecule has 0 saturated heterocycles. The first kappa shape index (κ1) is 12.6. The molecule has 1 aliphatic carbocycles. The molecular weight excluding hydrogens is 282 g/mol. The maximum atomic E-state index is 12.2. The Hall–Kier alpha value is -1.47. The van der Waals surface area contributed by atoms with Crippen molar-refractivity contribution in [2.24, 2.45) is 0 Å². The molecule has 0 atom stereocenters. The molecule has 1 aromatic carbocycles. The zero-order valence-electron chi connectivity index (χ0n) is 10.2. The highest BCUT2D eigenvalue weighted by Gasteiger charge is 2.18. The summed E-state index contributed by atoms with van der Waals surface area (Å²) in [6.07, 6.45) is 4.31. The molecule has 0 unspecified atom stereocenters. The minimum atomic E-state index is -3.56. The summed E-state index contributed by atoms with van der Waals surface area (Å²) in [7, 11) is -3.56. The zero-order chi connectivity index (χ0) is 13.3. The first-order valence-corrected chi connectivity index (χ1v) is 8.42. The summed E-state index contributed by atoms with van der Waals surface area (Å²) >= 11 is 1.16. The second-order valence-corrected chi connectivity index (χ2v) is 7.00. The van der Waals surface area contributed by atoms with Gasteiger partial charge >= 0.3 is 0 Å². The van der Waals surface area contributed by atoms with E-state index in [0.717, 1.165) is 36.2 Å². The van der Waals surface area contributed by atoms with E-state index in [4.69, 9.17) is 0 Å². The van der Waals surface area contributed by atoms with Gasteiger partial charge in [0.25, 0.3) is 10.0 Å². The number of fused-ring (bicyclic) bond motifs is 1. The van der Waals surface area contributed by atoms with E-state index in [1.54, 1.807) is 12.1 Å². The first-order chi connectivity index (χ1) is 9.15. The second-order valence-electron chi connectivity index (χ2n) is 4.49. The second kappa shape index (κ2) is 4.90. The van der Waals surface area contributed by atoms with Gasteiger partial charge in [0.15, 0.2) is 0 Å². The zero-order valence-corrected chi connectivity index (χ0v) is 11.8. The van der Waals surface area contributed by atoms with Gasteiger partial charge in [-0.3, -0.25) is 4.72 Å². The SMILES string of the molecule is O=S(=O)(Nc1nncs1)c1ccc2c(c1)CCCC2. The Morgan fingerprint density at radius 1 is 1.16 bits per heavy atom. The molecule has 1 aromatic heterocycles. The lowest BCUT2D eigenvalue weighted by molar-refractivity contribution is 0.600. The molecule has 1 N–H and O–H groups in total. The van der Waals surface area contributed by atoms with Gasteiger partial charge in [-0.05, 0) is 48.9 Å². The molecule has 0 bridgehead atoms. The molecule has 7 heteroatoms. The van der Waals surface area contributed by atoms with Crippen molar-refractivity contribution in [1.82, 2.24) is 10.2 Å². The summed E-state index contributed by atoms with van der Waals surface area (Å²) in [6.45, 7) is 0. The predicted octanol–water partition coefficient (Wildman–Crippen LogP) is 2.22. The van der Waals surface area contributed by atoms with Gasteiger partial charge in [-0.25, -0.2) is 8.42 Å². The standard InChI is InChI=1S/C12H13N3O2S2/c16-19(17,15-12-14-13-8-18-12)11-6-5-9-3-1-2-4-10(9)7-11/h5-8H,1-4H2,(H,14,15). The van der Waals surface area contributed by atoms with Crippen molar-refractivity contribution in [3.63, 3.8) is 0 Å². The normalized spacial score (nSPS) is 14.9. The van der Waals surface area contributed by atoms with Crippen LogP contribution in [0.15, 0.2) is 28.6 Å². The van der Waals surface area contributed by atoms with E-state index < -0.39 is 10.0 Å². The van der Waals surface area contributed by atoms with E-state index in [9.17, 15) is 8.42 Å². The van der Waals surface area contributed by atoms with Gasteiger partial charge in [0.05, 0.1) is 4.90 Å². The van der Waals surface area contributed by atoms with E-state index in [-0.39, 0.29) is 5.13 Å². The molecular formula is C12H13N3O2S2. The maximum absolute atomic E-state index is 12.2. The number of aryl methyl sites for hydroxylation is 2.